The highest BCUT2D eigenvalue weighted by atomic mass is 35.5. The molecule has 3 rings (SSSR count). The van der Waals surface area contributed by atoms with E-state index in [2.05, 4.69) is 27.6 Å². The summed E-state index contributed by atoms with van der Waals surface area (Å²) < 4.78 is 0. The van der Waals surface area contributed by atoms with Crippen LogP contribution in [0, 0.1) is 0 Å². The van der Waals surface area contributed by atoms with Crippen LogP contribution in [0.25, 0.3) is 0 Å². The molecule has 0 saturated heterocycles. The van der Waals surface area contributed by atoms with Gasteiger partial charge in [0.05, 0.1) is 5.69 Å². The van der Waals surface area contributed by atoms with E-state index in [9.17, 15) is 0 Å². The molecule has 2 aromatic rings. The van der Waals surface area contributed by atoms with Crippen molar-refractivity contribution in [2.45, 2.75) is 19.4 Å². The summed E-state index contributed by atoms with van der Waals surface area (Å²) in [6.45, 7) is 1.96. The first kappa shape index (κ1) is 10.8. The molecule has 1 aromatic heterocycles. The first-order valence-corrected chi connectivity index (χ1v) is 6.21. The van der Waals surface area contributed by atoms with Crippen molar-refractivity contribution < 1.29 is 0 Å². The van der Waals surface area contributed by atoms with E-state index >= 15 is 0 Å². The molecule has 0 bridgehead atoms. The van der Waals surface area contributed by atoms with Crippen molar-refractivity contribution in [3.05, 3.63) is 51.8 Å². The lowest BCUT2D eigenvalue weighted by Crippen LogP contribution is -2.23. The average Bonchev–Trinajstić information content (AvgIpc) is 2.76. The quantitative estimate of drug-likeness (QED) is 0.855. The van der Waals surface area contributed by atoms with Gasteiger partial charge in [-0.1, -0.05) is 23.7 Å². The Labute approximate surface area is 105 Å². The van der Waals surface area contributed by atoms with Gasteiger partial charge in [-0.25, -0.2) is 0 Å². The molecule has 1 aliphatic rings. The van der Waals surface area contributed by atoms with Crippen LogP contribution >= 0.6 is 11.6 Å². The van der Waals surface area contributed by atoms with Gasteiger partial charge in [0.2, 0.25) is 0 Å². The second-order valence-electron chi connectivity index (χ2n) is 4.36. The lowest BCUT2D eigenvalue weighted by molar-refractivity contribution is 0.634. The summed E-state index contributed by atoms with van der Waals surface area (Å²) in [5.74, 6) is 0. The third-order valence-corrected chi connectivity index (χ3v) is 3.43. The van der Waals surface area contributed by atoms with Crippen molar-refractivity contribution in [1.29, 1.82) is 0 Å². The maximum Gasteiger partial charge on any atom is 0.0713 e. The fraction of sp³-hybridized carbons (Fsp3) is 0.308. The summed E-state index contributed by atoms with van der Waals surface area (Å²) in [7, 11) is 0. The van der Waals surface area contributed by atoms with Crippen molar-refractivity contribution in [2.24, 2.45) is 0 Å². The van der Waals surface area contributed by atoms with Crippen LogP contribution in [-0.4, -0.2) is 16.7 Å². The second kappa shape index (κ2) is 4.51. The Balaban J connectivity index is 1.85. The first-order valence-electron chi connectivity index (χ1n) is 5.83. The molecule has 17 heavy (non-hydrogen) atoms. The lowest BCUT2D eigenvalue weighted by Gasteiger charge is -2.12. The Morgan fingerprint density at radius 1 is 1.24 bits per heavy atom. The Hall–Kier alpha value is -1.32. The average molecular weight is 248 g/mol. The molecule has 4 heteroatoms. The van der Waals surface area contributed by atoms with E-state index in [1.165, 1.54) is 16.8 Å². The predicted octanol–water partition coefficient (Wildman–Crippen LogP) is 2.30. The van der Waals surface area contributed by atoms with E-state index < -0.39 is 0 Å². The second-order valence-corrected chi connectivity index (χ2v) is 4.79. The van der Waals surface area contributed by atoms with Crippen molar-refractivity contribution in [3.63, 3.8) is 0 Å². The molecule has 0 fully saturated rings. The van der Waals surface area contributed by atoms with Crippen LogP contribution in [-0.2, 0) is 19.4 Å². The molecule has 0 atom stereocenters. The third kappa shape index (κ3) is 2.21. The summed E-state index contributed by atoms with van der Waals surface area (Å²) in [6.07, 6.45) is 1.91. The molecule has 2 N–H and O–H groups in total. The van der Waals surface area contributed by atoms with E-state index in [0.717, 1.165) is 36.6 Å². The molecule has 88 valence electrons. The van der Waals surface area contributed by atoms with Crippen molar-refractivity contribution >= 4 is 11.6 Å². The van der Waals surface area contributed by atoms with Crippen molar-refractivity contribution in [2.75, 3.05) is 6.54 Å². The van der Waals surface area contributed by atoms with E-state index in [1.807, 2.05) is 12.1 Å². The number of nitrogens with one attached hydrogen (secondary N) is 2. The van der Waals surface area contributed by atoms with Gasteiger partial charge in [0.1, 0.15) is 0 Å². The Kier molecular flexibility index (Phi) is 2.87. The molecule has 2 heterocycles. The van der Waals surface area contributed by atoms with E-state index in [1.54, 1.807) is 0 Å². The molecule has 3 nitrogen and oxygen atoms in total. The van der Waals surface area contributed by atoms with Gasteiger partial charge < -0.3 is 5.32 Å². The van der Waals surface area contributed by atoms with Gasteiger partial charge in [-0.2, -0.15) is 5.10 Å². The standard InChI is InChI=1S/C13H14ClN3/c14-10-3-1-9(2-4-10)7-13-11-8-15-6-5-12(11)16-17-13/h1-4,15H,5-8H2,(H,16,17). The Bertz CT molecular complexity index is 516. The van der Waals surface area contributed by atoms with E-state index in [-0.39, 0.29) is 0 Å². The zero-order valence-electron chi connectivity index (χ0n) is 9.46. The van der Waals surface area contributed by atoms with Crippen LogP contribution in [0.2, 0.25) is 5.02 Å². The highest BCUT2D eigenvalue weighted by Gasteiger charge is 2.16. The Morgan fingerprint density at radius 2 is 2.06 bits per heavy atom. The largest absolute Gasteiger partial charge is 0.312 e. The van der Waals surface area contributed by atoms with Gasteiger partial charge in [0.15, 0.2) is 0 Å². The van der Waals surface area contributed by atoms with Crippen LogP contribution in [0.5, 0.6) is 0 Å². The molecule has 0 unspecified atom stereocenters. The minimum Gasteiger partial charge on any atom is -0.312 e. The van der Waals surface area contributed by atoms with Gasteiger partial charge in [0.25, 0.3) is 0 Å². The monoisotopic (exact) mass is 247 g/mol. The summed E-state index contributed by atoms with van der Waals surface area (Å²) >= 11 is 5.88. The molecule has 1 aliphatic heterocycles. The van der Waals surface area contributed by atoms with Crippen LogP contribution in [0.4, 0.5) is 0 Å². The number of nitrogens with zero attached hydrogens (tertiary/aromatic N) is 1. The number of benzene rings is 1. The minimum atomic E-state index is 0.777. The van der Waals surface area contributed by atoms with Crippen LogP contribution in [0.1, 0.15) is 22.5 Å². The summed E-state index contributed by atoms with van der Waals surface area (Å²) in [6, 6.07) is 7.96. The molecule has 0 saturated carbocycles. The van der Waals surface area contributed by atoms with Gasteiger partial charge in [-0.05, 0) is 17.7 Å². The fourth-order valence-corrected chi connectivity index (χ4v) is 2.35. The minimum absolute atomic E-state index is 0.777. The summed E-state index contributed by atoms with van der Waals surface area (Å²) in [5, 5.41) is 11.7. The number of H-pyrrole nitrogens is 1. The molecule has 0 spiro atoms. The van der Waals surface area contributed by atoms with Crippen LogP contribution in [0.3, 0.4) is 0 Å². The zero-order chi connectivity index (χ0) is 11.7. The number of hydrogen-bond acceptors (Lipinski definition) is 2. The third-order valence-electron chi connectivity index (χ3n) is 3.18. The maximum absolute atomic E-state index is 5.88. The maximum atomic E-state index is 5.88. The molecule has 0 amide bonds. The van der Waals surface area contributed by atoms with Crippen molar-refractivity contribution in [1.82, 2.24) is 15.5 Å². The molecule has 1 aromatic carbocycles. The number of aromatic amines is 1. The normalized spacial score (nSPS) is 14.6. The zero-order valence-corrected chi connectivity index (χ0v) is 10.2. The van der Waals surface area contributed by atoms with E-state index in [0.29, 0.717) is 0 Å². The predicted molar refractivity (Wildman–Crippen MR) is 68.3 cm³/mol. The summed E-state index contributed by atoms with van der Waals surface area (Å²) in [5.41, 5.74) is 5.02. The van der Waals surface area contributed by atoms with Crippen LogP contribution < -0.4 is 5.32 Å². The van der Waals surface area contributed by atoms with Crippen LogP contribution in [0.15, 0.2) is 24.3 Å². The van der Waals surface area contributed by atoms with Gasteiger partial charge in [-0.3, -0.25) is 5.10 Å². The lowest BCUT2D eigenvalue weighted by atomic mass is 10.0. The highest BCUT2D eigenvalue weighted by molar-refractivity contribution is 6.30. The number of halogens is 1. The molecule has 0 aliphatic carbocycles. The topological polar surface area (TPSA) is 40.7 Å². The smallest absolute Gasteiger partial charge is 0.0713 e. The SMILES string of the molecule is Clc1ccc(Cc2n[nH]c3c2CNCC3)cc1. The number of rotatable bonds is 2. The molecular weight excluding hydrogens is 234 g/mol. The van der Waals surface area contributed by atoms with E-state index in [4.69, 9.17) is 11.6 Å². The fourth-order valence-electron chi connectivity index (χ4n) is 2.23. The number of hydrogen-bond donors (Lipinski definition) is 2. The molecular formula is C13H14ClN3. The van der Waals surface area contributed by atoms with Gasteiger partial charge in [-0.15, -0.1) is 0 Å². The van der Waals surface area contributed by atoms with Gasteiger partial charge >= 0.3 is 0 Å². The Morgan fingerprint density at radius 3 is 2.88 bits per heavy atom. The number of aromatic nitrogens is 2. The summed E-state index contributed by atoms with van der Waals surface area (Å²) in [4.78, 5) is 0. The van der Waals surface area contributed by atoms with Crippen molar-refractivity contribution in [3.8, 4) is 0 Å². The van der Waals surface area contributed by atoms with Gasteiger partial charge in [0, 0.05) is 42.2 Å². The first-order chi connectivity index (χ1) is 8.33. The highest BCUT2D eigenvalue weighted by Crippen LogP contribution is 2.19. The molecule has 0 radical (unpaired) electrons. The number of fused-ring (bicyclic) bond motifs is 1.